The van der Waals surface area contributed by atoms with Gasteiger partial charge in [0.2, 0.25) is 5.91 Å². The zero-order valence-electron chi connectivity index (χ0n) is 17.5. The standard InChI is InChI=1S/C21H32N6O2/c1-3-9-26-14-18(16(2)24-26)13-25-10-5-19(6-11-25)27-20(4-8-22-27)23-21(28)17-7-12-29-15-17/h4,8,14,17,19H,3,5-7,9-13,15H2,1-2H3,(H,23,28)/t17-/m1/s1. The molecule has 29 heavy (non-hydrogen) atoms. The van der Waals surface area contributed by atoms with Gasteiger partial charge in [0.15, 0.2) is 0 Å². The summed E-state index contributed by atoms with van der Waals surface area (Å²) in [5.41, 5.74) is 2.45. The van der Waals surface area contributed by atoms with Crippen LogP contribution in [0, 0.1) is 12.8 Å². The first-order valence-electron chi connectivity index (χ1n) is 10.8. The Morgan fingerprint density at radius 2 is 2.14 bits per heavy atom. The largest absolute Gasteiger partial charge is 0.381 e. The quantitative estimate of drug-likeness (QED) is 0.773. The lowest BCUT2D eigenvalue weighted by molar-refractivity contribution is -0.119. The third kappa shape index (κ3) is 4.70. The van der Waals surface area contributed by atoms with Crippen molar-refractivity contribution in [2.45, 2.75) is 58.7 Å². The number of amides is 1. The van der Waals surface area contributed by atoms with Crippen molar-refractivity contribution in [2.75, 3.05) is 31.6 Å². The number of rotatable bonds is 7. The number of nitrogens with zero attached hydrogens (tertiary/aromatic N) is 5. The molecule has 2 saturated heterocycles. The Balaban J connectivity index is 1.32. The van der Waals surface area contributed by atoms with Gasteiger partial charge in [-0.1, -0.05) is 6.92 Å². The van der Waals surface area contributed by atoms with Gasteiger partial charge in [0, 0.05) is 50.6 Å². The lowest BCUT2D eigenvalue weighted by Gasteiger charge is -2.32. The average Bonchev–Trinajstić information content (AvgIpc) is 3.45. The third-order valence-corrected chi connectivity index (χ3v) is 6.02. The maximum absolute atomic E-state index is 12.4. The Kier molecular flexibility index (Phi) is 6.30. The van der Waals surface area contributed by atoms with Crippen LogP contribution in [0.25, 0.3) is 0 Å². The first-order valence-corrected chi connectivity index (χ1v) is 10.8. The smallest absolute Gasteiger partial charge is 0.231 e. The lowest BCUT2D eigenvalue weighted by Crippen LogP contribution is -2.35. The van der Waals surface area contributed by atoms with Crippen LogP contribution in [0.15, 0.2) is 18.5 Å². The van der Waals surface area contributed by atoms with Gasteiger partial charge in [-0.15, -0.1) is 0 Å². The van der Waals surface area contributed by atoms with Crippen LogP contribution in [0.3, 0.4) is 0 Å². The minimum absolute atomic E-state index is 0.0428. The normalized spacial score (nSPS) is 21.0. The summed E-state index contributed by atoms with van der Waals surface area (Å²) in [4.78, 5) is 14.9. The van der Waals surface area contributed by atoms with Gasteiger partial charge in [-0.25, -0.2) is 4.68 Å². The molecule has 0 bridgehead atoms. The van der Waals surface area contributed by atoms with Crippen molar-refractivity contribution in [3.05, 3.63) is 29.7 Å². The fraction of sp³-hybridized carbons (Fsp3) is 0.667. The van der Waals surface area contributed by atoms with Crippen molar-refractivity contribution in [1.29, 1.82) is 0 Å². The molecule has 0 unspecified atom stereocenters. The SMILES string of the molecule is CCCn1cc(CN2CCC(n3nccc3NC(=O)[C@@H]3CCOC3)CC2)c(C)n1. The Morgan fingerprint density at radius 1 is 1.31 bits per heavy atom. The summed E-state index contributed by atoms with van der Waals surface area (Å²) < 4.78 is 9.39. The number of likely N-dealkylation sites (tertiary alicyclic amines) is 1. The fourth-order valence-electron chi connectivity index (χ4n) is 4.29. The van der Waals surface area contributed by atoms with E-state index in [-0.39, 0.29) is 11.8 Å². The van der Waals surface area contributed by atoms with E-state index in [4.69, 9.17) is 4.74 Å². The van der Waals surface area contributed by atoms with Gasteiger partial charge in [-0.2, -0.15) is 10.2 Å². The van der Waals surface area contributed by atoms with Gasteiger partial charge < -0.3 is 10.1 Å². The van der Waals surface area contributed by atoms with Crippen LogP contribution < -0.4 is 5.32 Å². The molecular formula is C21H32N6O2. The molecule has 0 spiro atoms. The monoisotopic (exact) mass is 400 g/mol. The topological polar surface area (TPSA) is 77.2 Å². The number of piperidine rings is 1. The molecule has 158 valence electrons. The minimum atomic E-state index is -0.0444. The zero-order valence-corrected chi connectivity index (χ0v) is 17.5. The summed E-state index contributed by atoms with van der Waals surface area (Å²) in [5.74, 6) is 0.801. The highest BCUT2D eigenvalue weighted by Crippen LogP contribution is 2.27. The van der Waals surface area contributed by atoms with E-state index in [0.717, 1.165) is 63.4 Å². The van der Waals surface area contributed by atoms with Crippen LogP contribution in [-0.4, -0.2) is 56.7 Å². The summed E-state index contributed by atoms with van der Waals surface area (Å²) in [6.45, 7) is 9.44. The molecule has 2 aromatic rings. The van der Waals surface area contributed by atoms with E-state index in [1.165, 1.54) is 5.56 Å². The molecule has 4 rings (SSSR count). The van der Waals surface area contributed by atoms with Crippen LogP contribution >= 0.6 is 0 Å². The van der Waals surface area contributed by atoms with Crippen LogP contribution in [0.4, 0.5) is 5.82 Å². The molecule has 2 fully saturated rings. The molecule has 0 aromatic carbocycles. The van der Waals surface area contributed by atoms with Crippen LogP contribution in [0.1, 0.15) is 49.9 Å². The molecular weight excluding hydrogens is 368 g/mol. The predicted molar refractivity (Wildman–Crippen MR) is 111 cm³/mol. The lowest BCUT2D eigenvalue weighted by atomic mass is 10.0. The van der Waals surface area contributed by atoms with Gasteiger partial charge in [0.25, 0.3) is 0 Å². The van der Waals surface area contributed by atoms with Crippen LogP contribution in [-0.2, 0) is 22.6 Å². The number of hydrogen-bond donors (Lipinski definition) is 1. The first-order chi connectivity index (χ1) is 14.1. The molecule has 2 aliphatic heterocycles. The summed E-state index contributed by atoms with van der Waals surface area (Å²) in [5, 5.41) is 12.2. The number of aryl methyl sites for hydroxylation is 2. The molecule has 4 heterocycles. The van der Waals surface area contributed by atoms with E-state index in [0.29, 0.717) is 19.3 Å². The van der Waals surface area contributed by atoms with Crippen molar-refractivity contribution in [1.82, 2.24) is 24.5 Å². The van der Waals surface area contributed by atoms with Gasteiger partial charge in [0.1, 0.15) is 5.82 Å². The predicted octanol–water partition coefficient (Wildman–Crippen LogP) is 2.61. The highest BCUT2D eigenvalue weighted by molar-refractivity contribution is 5.92. The van der Waals surface area contributed by atoms with E-state index >= 15 is 0 Å². The molecule has 0 saturated carbocycles. The van der Waals surface area contributed by atoms with Crippen molar-refractivity contribution in [2.24, 2.45) is 5.92 Å². The second kappa shape index (κ2) is 9.09. The molecule has 8 heteroatoms. The summed E-state index contributed by atoms with van der Waals surface area (Å²) in [6, 6.07) is 2.21. The molecule has 0 aliphatic carbocycles. The van der Waals surface area contributed by atoms with Crippen molar-refractivity contribution in [3.8, 4) is 0 Å². The molecule has 2 aromatic heterocycles. The van der Waals surface area contributed by atoms with Crippen LogP contribution in [0.5, 0.6) is 0 Å². The fourth-order valence-corrected chi connectivity index (χ4v) is 4.29. The summed E-state index contributed by atoms with van der Waals surface area (Å²) >= 11 is 0. The third-order valence-electron chi connectivity index (χ3n) is 6.02. The Labute approximate surface area is 172 Å². The van der Waals surface area contributed by atoms with Gasteiger partial charge in [-0.3, -0.25) is 14.4 Å². The maximum atomic E-state index is 12.4. The summed E-state index contributed by atoms with van der Waals surface area (Å²) in [6.07, 6.45) is 7.92. The number of anilines is 1. The Bertz CT molecular complexity index is 815. The number of carbonyl (C=O) groups is 1. The molecule has 0 radical (unpaired) electrons. The van der Waals surface area contributed by atoms with E-state index < -0.39 is 0 Å². The first kappa shape index (κ1) is 20.1. The average molecular weight is 401 g/mol. The van der Waals surface area contributed by atoms with Crippen molar-refractivity contribution < 1.29 is 9.53 Å². The van der Waals surface area contributed by atoms with E-state index in [1.54, 1.807) is 6.20 Å². The number of hydrogen-bond acceptors (Lipinski definition) is 5. The van der Waals surface area contributed by atoms with Crippen molar-refractivity contribution >= 4 is 11.7 Å². The second-order valence-electron chi connectivity index (χ2n) is 8.22. The van der Waals surface area contributed by atoms with Crippen LogP contribution in [0.2, 0.25) is 0 Å². The second-order valence-corrected chi connectivity index (χ2v) is 8.22. The highest BCUT2D eigenvalue weighted by atomic mass is 16.5. The van der Waals surface area contributed by atoms with Gasteiger partial charge in [0.05, 0.1) is 30.5 Å². The maximum Gasteiger partial charge on any atom is 0.231 e. The number of aromatic nitrogens is 4. The van der Waals surface area contributed by atoms with E-state index in [1.807, 2.05) is 10.7 Å². The Morgan fingerprint density at radius 3 is 2.86 bits per heavy atom. The number of ether oxygens (including phenoxy) is 1. The number of nitrogens with one attached hydrogen (secondary N) is 1. The molecule has 8 nitrogen and oxygen atoms in total. The molecule has 1 amide bonds. The van der Waals surface area contributed by atoms with E-state index in [9.17, 15) is 4.79 Å². The molecule has 1 atom stereocenters. The summed E-state index contributed by atoms with van der Waals surface area (Å²) in [7, 11) is 0. The molecule has 1 N–H and O–H groups in total. The Hall–Kier alpha value is -2.19. The van der Waals surface area contributed by atoms with Gasteiger partial charge >= 0.3 is 0 Å². The number of carbonyl (C=O) groups excluding carboxylic acids is 1. The molecule has 2 aliphatic rings. The van der Waals surface area contributed by atoms with Gasteiger partial charge in [-0.05, 0) is 32.6 Å². The highest BCUT2D eigenvalue weighted by Gasteiger charge is 2.27. The minimum Gasteiger partial charge on any atom is -0.381 e. The zero-order chi connectivity index (χ0) is 20.2. The van der Waals surface area contributed by atoms with Crippen molar-refractivity contribution in [3.63, 3.8) is 0 Å². The van der Waals surface area contributed by atoms with E-state index in [2.05, 4.69) is 45.1 Å².